The number of aliphatic hydroxyl groups is 1. The van der Waals surface area contributed by atoms with Crippen molar-refractivity contribution in [2.45, 2.75) is 6.18 Å². The molecule has 1 unspecified atom stereocenters. The summed E-state index contributed by atoms with van der Waals surface area (Å²) in [6.07, 6.45) is -4.65. The van der Waals surface area contributed by atoms with Crippen LogP contribution in [0.25, 0.3) is 0 Å². The molecule has 0 aliphatic rings. The Morgan fingerprint density at radius 3 is 2.41 bits per heavy atom. The van der Waals surface area contributed by atoms with Crippen LogP contribution in [0.3, 0.4) is 0 Å². The van der Waals surface area contributed by atoms with E-state index in [2.05, 4.69) is 4.74 Å². The smallest absolute Gasteiger partial charge is 0.397 e. The minimum atomic E-state index is -4.65. The first-order valence-electron chi connectivity index (χ1n) is 4.60. The second-order valence-electron chi connectivity index (χ2n) is 3.28. The fourth-order valence-electron chi connectivity index (χ4n) is 1.04. The molecule has 0 aliphatic heterocycles. The zero-order valence-electron chi connectivity index (χ0n) is 8.47. The standard InChI is InChI=1S/C10H9F5O2/c11-7-2-1-3-8(9(7)12)17-5-6(4-16)10(13,14)15/h1-3,6,16H,4-5H2. The molecule has 0 aromatic heterocycles. The predicted molar refractivity (Wildman–Crippen MR) is 48.5 cm³/mol. The van der Waals surface area contributed by atoms with E-state index in [0.29, 0.717) is 0 Å². The monoisotopic (exact) mass is 256 g/mol. The summed E-state index contributed by atoms with van der Waals surface area (Å²) < 4.78 is 66.8. The fourth-order valence-corrected chi connectivity index (χ4v) is 1.04. The van der Waals surface area contributed by atoms with E-state index in [1.165, 1.54) is 0 Å². The molecule has 0 aliphatic carbocycles. The molecule has 17 heavy (non-hydrogen) atoms. The molecule has 1 aromatic carbocycles. The molecule has 0 heterocycles. The quantitative estimate of drug-likeness (QED) is 0.839. The summed E-state index contributed by atoms with van der Waals surface area (Å²) in [6, 6.07) is 2.92. The Morgan fingerprint density at radius 1 is 1.24 bits per heavy atom. The third-order valence-corrected chi connectivity index (χ3v) is 2.04. The Labute approximate surface area is 93.6 Å². The molecule has 2 nitrogen and oxygen atoms in total. The molecule has 0 amide bonds. The van der Waals surface area contributed by atoms with E-state index in [9.17, 15) is 22.0 Å². The summed E-state index contributed by atoms with van der Waals surface area (Å²) in [5, 5.41) is 8.50. The van der Waals surface area contributed by atoms with Crippen molar-refractivity contribution >= 4 is 0 Å². The van der Waals surface area contributed by atoms with Gasteiger partial charge in [0.2, 0.25) is 5.82 Å². The molecule has 1 N–H and O–H groups in total. The molecule has 0 spiro atoms. The van der Waals surface area contributed by atoms with Gasteiger partial charge in [-0.3, -0.25) is 0 Å². The van der Waals surface area contributed by atoms with Crippen LogP contribution in [0, 0.1) is 17.6 Å². The summed E-state index contributed by atoms with van der Waals surface area (Å²) in [4.78, 5) is 0. The van der Waals surface area contributed by atoms with E-state index in [4.69, 9.17) is 5.11 Å². The maximum atomic E-state index is 13.0. The van der Waals surface area contributed by atoms with Crippen LogP contribution in [0.4, 0.5) is 22.0 Å². The summed E-state index contributed by atoms with van der Waals surface area (Å²) in [5.41, 5.74) is 0. The zero-order valence-corrected chi connectivity index (χ0v) is 8.47. The van der Waals surface area contributed by atoms with Crippen LogP contribution in [-0.4, -0.2) is 24.5 Å². The Bertz CT molecular complexity index is 377. The van der Waals surface area contributed by atoms with Crippen molar-refractivity contribution in [1.29, 1.82) is 0 Å². The van der Waals surface area contributed by atoms with E-state index >= 15 is 0 Å². The highest BCUT2D eigenvalue weighted by Crippen LogP contribution is 2.27. The molecule has 0 bridgehead atoms. The van der Waals surface area contributed by atoms with Gasteiger partial charge in [-0.15, -0.1) is 0 Å². The number of rotatable bonds is 4. The number of ether oxygens (including phenoxy) is 1. The molecule has 0 radical (unpaired) electrons. The number of alkyl halides is 3. The highest BCUT2D eigenvalue weighted by atomic mass is 19.4. The SMILES string of the molecule is OCC(COc1cccc(F)c1F)C(F)(F)F. The number of halogens is 5. The molecule has 0 fully saturated rings. The third kappa shape index (κ3) is 3.55. The van der Waals surface area contributed by atoms with Gasteiger partial charge in [-0.1, -0.05) is 6.07 Å². The van der Waals surface area contributed by atoms with Gasteiger partial charge < -0.3 is 9.84 Å². The molecule has 0 saturated heterocycles. The van der Waals surface area contributed by atoms with Gasteiger partial charge in [0.25, 0.3) is 0 Å². The molecule has 1 aromatic rings. The van der Waals surface area contributed by atoms with Crippen LogP contribution < -0.4 is 4.74 Å². The van der Waals surface area contributed by atoms with Crippen molar-refractivity contribution < 1.29 is 31.8 Å². The fraction of sp³-hybridized carbons (Fsp3) is 0.400. The number of benzene rings is 1. The number of aliphatic hydroxyl groups excluding tert-OH is 1. The van der Waals surface area contributed by atoms with Gasteiger partial charge in [0.05, 0.1) is 6.61 Å². The van der Waals surface area contributed by atoms with Crippen LogP contribution in [-0.2, 0) is 0 Å². The maximum absolute atomic E-state index is 13.0. The summed E-state index contributed by atoms with van der Waals surface area (Å²) in [5.74, 6) is -5.32. The van der Waals surface area contributed by atoms with Gasteiger partial charge in [-0.25, -0.2) is 4.39 Å². The minimum Gasteiger partial charge on any atom is -0.490 e. The Hall–Kier alpha value is -1.37. The van der Waals surface area contributed by atoms with Crippen LogP contribution >= 0.6 is 0 Å². The highest BCUT2D eigenvalue weighted by Gasteiger charge is 2.39. The van der Waals surface area contributed by atoms with Gasteiger partial charge in [-0.2, -0.15) is 17.6 Å². The van der Waals surface area contributed by atoms with Crippen molar-refractivity contribution in [1.82, 2.24) is 0 Å². The first-order valence-corrected chi connectivity index (χ1v) is 4.60. The largest absolute Gasteiger partial charge is 0.490 e. The van der Waals surface area contributed by atoms with Crippen molar-refractivity contribution in [3.05, 3.63) is 29.8 Å². The van der Waals surface area contributed by atoms with Crippen molar-refractivity contribution in [2.75, 3.05) is 13.2 Å². The van der Waals surface area contributed by atoms with Crippen LogP contribution in [0.5, 0.6) is 5.75 Å². The molecule has 1 rings (SSSR count). The summed E-state index contributed by atoms with van der Waals surface area (Å²) in [6.45, 7) is -2.15. The maximum Gasteiger partial charge on any atom is 0.397 e. The average molecular weight is 256 g/mol. The second-order valence-corrected chi connectivity index (χ2v) is 3.28. The Kier molecular flexibility index (Phi) is 4.28. The van der Waals surface area contributed by atoms with Gasteiger partial charge in [0, 0.05) is 0 Å². The first-order chi connectivity index (χ1) is 7.86. The average Bonchev–Trinajstić information content (AvgIpc) is 2.23. The number of hydrogen-bond acceptors (Lipinski definition) is 2. The van der Waals surface area contributed by atoms with Crippen LogP contribution in [0.1, 0.15) is 0 Å². The molecule has 7 heteroatoms. The lowest BCUT2D eigenvalue weighted by Gasteiger charge is -2.18. The predicted octanol–water partition coefficient (Wildman–Crippen LogP) is 2.51. The Balaban J connectivity index is 2.70. The van der Waals surface area contributed by atoms with Crippen molar-refractivity contribution in [2.24, 2.45) is 5.92 Å². The Morgan fingerprint density at radius 2 is 1.88 bits per heavy atom. The normalized spacial score (nSPS) is 13.5. The lowest BCUT2D eigenvalue weighted by atomic mass is 10.2. The van der Waals surface area contributed by atoms with Crippen LogP contribution in [0.2, 0.25) is 0 Å². The van der Waals surface area contributed by atoms with Crippen LogP contribution in [0.15, 0.2) is 18.2 Å². The van der Waals surface area contributed by atoms with Crippen molar-refractivity contribution in [3.63, 3.8) is 0 Å². The van der Waals surface area contributed by atoms with E-state index in [1.54, 1.807) is 0 Å². The van der Waals surface area contributed by atoms with Gasteiger partial charge >= 0.3 is 6.18 Å². The topological polar surface area (TPSA) is 29.5 Å². The number of hydrogen-bond donors (Lipinski definition) is 1. The van der Waals surface area contributed by atoms with E-state index in [-0.39, 0.29) is 0 Å². The van der Waals surface area contributed by atoms with E-state index < -0.39 is 42.7 Å². The van der Waals surface area contributed by atoms with E-state index in [0.717, 1.165) is 18.2 Å². The zero-order chi connectivity index (χ0) is 13.1. The van der Waals surface area contributed by atoms with E-state index in [1.807, 2.05) is 0 Å². The molecule has 0 saturated carbocycles. The first kappa shape index (κ1) is 13.7. The minimum absolute atomic E-state index is 0.618. The lowest BCUT2D eigenvalue weighted by Crippen LogP contribution is -2.31. The van der Waals surface area contributed by atoms with Gasteiger partial charge in [0.1, 0.15) is 12.5 Å². The van der Waals surface area contributed by atoms with Gasteiger partial charge in [-0.05, 0) is 12.1 Å². The highest BCUT2D eigenvalue weighted by molar-refractivity contribution is 5.25. The summed E-state index contributed by atoms with van der Waals surface area (Å²) >= 11 is 0. The second kappa shape index (κ2) is 5.31. The summed E-state index contributed by atoms with van der Waals surface area (Å²) in [7, 11) is 0. The van der Waals surface area contributed by atoms with Crippen molar-refractivity contribution in [3.8, 4) is 5.75 Å². The molecule has 96 valence electrons. The lowest BCUT2D eigenvalue weighted by molar-refractivity contribution is -0.190. The molecule has 1 atom stereocenters. The molecular formula is C10H9F5O2. The third-order valence-electron chi connectivity index (χ3n) is 2.04. The van der Waals surface area contributed by atoms with Gasteiger partial charge in [0.15, 0.2) is 11.6 Å². The molecular weight excluding hydrogens is 247 g/mol.